The Balaban J connectivity index is 0.000000137. The second-order valence-corrected chi connectivity index (χ2v) is 30.3. The number of para-hydroxylation sites is 2. The van der Waals surface area contributed by atoms with E-state index >= 15 is 0 Å². The molecular weight excluding hydrogens is 1160 g/mol. The van der Waals surface area contributed by atoms with E-state index in [1.54, 1.807) is 21.6 Å². The number of piperidine rings is 2. The summed E-state index contributed by atoms with van der Waals surface area (Å²) in [5.41, 5.74) is 13.7. The number of piperazine rings is 2. The van der Waals surface area contributed by atoms with Crippen molar-refractivity contribution in [1.29, 1.82) is 0 Å². The number of anilines is 2. The average molecular weight is 1240 g/mol. The van der Waals surface area contributed by atoms with Crippen LogP contribution in [0.1, 0.15) is 83.3 Å². The smallest absolute Gasteiger partial charge is 0.219 e. The molecule has 8 heterocycles. The van der Waals surface area contributed by atoms with Gasteiger partial charge in [-0.2, -0.15) is 12.9 Å². The van der Waals surface area contributed by atoms with Gasteiger partial charge in [-0.3, -0.25) is 4.79 Å². The Bertz CT molecular complexity index is 4030. The van der Waals surface area contributed by atoms with Gasteiger partial charge in [0.1, 0.15) is 11.6 Å². The van der Waals surface area contributed by atoms with Crippen molar-refractivity contribution in [2.45, 2.75) is 95.3 Å². The summed E-state index contributed by atoms with van der Waals surface area (Å²) >= 11 is 0. The second-order valence-electron chi connectivity index (χ2n) is 24.6. The van der Waals surface area contributed by atoms with Crippen molar-refractivity contribution in [3.63, 3.8) is 0 Å². The number of hydrogen-bond donors (Lipinski definition) is 6. The van der Waals surface area contributed by atoms with E-state index < -0.39 is 35.6 Å². The lowest BCUT2D eigenvalue weighted by Gasteiger charge is -2.45. The molecule has 0 bridgehead atoms. The van der Waals surface area contributed by atoms with Crippen LogP contribution >= 0.6 is 0 Å². The molecule has 12 rings (SSSR count). The van der Waals surface area contributed by atoms with Crippen LogP contribution in [0.5, 0.6) is 0 Å². The predicted octanol–water partition coefficient (Wildman–Crippen LogP) is 8.45. The Kier molecular flexibility index (Phi) is 19.2. The number of benzene rings is 4. The van der Waals surface area contributed by atoms with Crippen molar-refractivity contribution in [3.8, 4) is 0 Å². The number of carbonyl (C=O) groups excluding carboxylic acids is 1. The van der Waals surface area contributed by atoms with Crippen LogP contribution in [0.2, 0.25) is 0 Å². The van der Waals surface area contributed by atoms with Crippen LogP contribution in [0.4, 0.5) is 20.2 Å². The number of halogens is 2. The summed E-state index contributed by atoms with van der Waals surface area (Å²) in [6.07, 6.45) is 15.1. The highest BCUT2D eigenvalue weighted by Crippen LogP contribution is 2.42. The van der Waals surface area contributed by atoms with E-state index in [9.17, 15) is 38.8 Å². The van der Waals surface area contributed by atoms with Gasteiger partial charge in [-0.1, -0.05) is 36.4 Å². The fourth-order valence-corrected chi connectivity index (χ4v) is 17.3. The molecule has 86 heavy (non-hydrogen) atoms. The lowest BCUT2D eigenvalue weighted by Crippen LogP contribution is -2.57. The van der Waals surface area contributed by atoms with Crippen LogP contribution in [-0.4, -0.2) is 183 Å². The number of nitrogens with zero attached hydrogens (tertiary/aromatic N) is 6. The minimum atomic E-state index is -3.20. The van der Waals surface area contributed by atoms with Crippen LogP contribution in [0.25, 0.3) is 43.6 Å². The van der Waals surface area contributed by atoms with Crippen molar-refractivity contribution in [1.82, 2.24) is 43.1 Å². The van der Waals surface area contributed by atoms with E-state index in [4.69, 9.17) is 5.73 Å². The molecule has 0 radical (unpaired) electrons. The molecule has 7 N–H and O–H groups in total. The summed E-state index contributed by atoms with van der Waals surface area (Å²) in [6, 6.07) is 25.7. The first kappa shape index (κ1) is 64.1. The molecule has 0 spiro atoms. The normalized spacial score (nSPS) is 21.6. The van der Waals surface area contributed by atoms with Crippen LogP contribution in [0.15, 0.2) is 110 Å². The number of rotatable bonds is 10. The van der Waals surface area contributed by atoms with Crippen molar-refractivity contribution in [2.75, 3.05) is 101 Å². The minimum absolute atomic E-state index is 0.0533. The van der Waals surface area contributed by atoms with Crippen molar-refractivity contribution < 1.29 is 38.8 Å². The van der Waals surface area contributed by atoms with Gasteiger partial charge in [-0.25, -0.2) is 34.0 Å². The van der Waals surface area contributed by atoms with Gasteiger partial charge >= 0.3 is 0 Å². The molecule has 1 amide bonds. The van der Waals surface area contributed by atoms with Gasteiger partial charge < -0.3 is 45.7 Å². The molecule has 0 aliphatic carbocycles. The van der Waals surface area contributed by atoms with Gasteiger partial charge in [0, 0.05) is 152 Å². The number of nitrogens with two attached hydrogens (primary N) is 1. The number of carbonyl (C=O) groups is 1. The highest BCUT2D eigenvalue weighted by atomic mass is 32.2. The molecule has 4 aromatic heterocycles. The molecule has 8 aromatic rings. The third-order valence-corrected chi connectivity index (χ3v) is 21.7. The molecule has 4 atom stereocenters. The number of aromatic nitrogens is 4. The molecule has 19 nitrogen and oxygen atoms in total. The molecule has 4 saturated heterocycles. The third kappa shape index (κ3) is 14.3. The SMILES string of the molecule is CC(=O)N1CCC(c2c[nH]c3cc(F)ccc23)CC1(C)C.CC1(C)CC(c2c[nH]c3cc(F)ccc23)CCN1S(C)(=O)=O.CNCC1CN(c2c[nH]c3ccccc23)CCN1S(C)(=O)=O.CS(=O)(=O)N1CCN(c2c[nH]c3ccccc23)CC1CN. The quantitative estimate of drug-likeness (QED) is 0.0759. The molecule has 4 fully saturated rings. The molecule has 4 unspecified atom stereocenters. The number of nitrogens with one attached hydrogen (secondary N) is 5. The van der Waals surface area contributed by atoms with Gasteiger partial charge in [0.15, 0.2) is 0 Å². The number of fused-ring (bicyclic) bond motifs is 4. The van der Waals surface area contributed by atoms with Crippen LogP contribution < -0.4 is 20.9 Å². The fraction of sp³-hybridized carbons (Fsp3) is 0.468. The summed E-state index contributed by atoms with van der Waals surface area (Å²) in [5, 5.41) is 7.55. The monoisotopic (exact) mass is 1240 g/mol. The second kappa shape index (κ2) is 25.8. The van der Waals surface area contributed by atoms with E-state index in [-0.39, 0.29) is 41.1 Å². The topological polar surface area (TPSA) is 240 Å². The molecule has 4 aliphatic heterocycles. The number of H-pyrrole nitrogens is 4. The number of likely N-dealkylation sites (tertiary alicyclic amines) is 1. The molecule has 4 aromatic carbocycles. The van der Waals surface area contributed by atoms with Crippen LogP contribution in [-0.2, 0) is 34.9 Å². The van der Waals surface area contributed by atoms with E-state index in [0.717, 1.165) is 87.4 Å². The summed E-state index contributed by atoms with van der Waals surface area (Å²) in [4.78, 5) is 31.0. The Hall–Kier alpha value is -6.38. The van der Waals surface area contributed by atoms with E-state index in [1.807, 2.05) is 87.0 Å². The van der Waals surface area contributed by atoms with Gasteiger partial charge in [0.25, 0.3) is 0 Å². The Morgan fingerprint density at radius 2 is 1.01 bits per heavy atom. The van der Waals surface area contributed by atoms with Crippen LogP contribution in [0, 0.1) is 11.6 Å². The highest BCUT2D eigenvalue weighted by molar-refractivity contribution is 7.88. The molecule has 24 heteroatoms. The number of sulfonamides is 3. The van der Waals surface area contributed by atoms with Crippen molar-refractivity contribution >= 4 is 91.0 Å². The van der Waals surface area contributed by atoms with Crippen LogP contribution in [0.3, 0.4) is 0 Å². The maximum absolute atomic E-state index is 13.3. The minimum Gasteiger partial charge on any atom is -0.367 e. The lowest BCUT2D eigenvalue weighted by atomic mass is 9.79. The summed E-state index contributed by atoms with van der Waals surface area (Å²) in [6.45, 7) is 15.7. The number of aromatic amines is 4. The molecular formula is C62H84F2N12O7S3. The van der Waals surface area contributed by atoms with Gasteiger partial charge in [0.05, 0.1) is 42.2 Å². The standard InChI is InChI=1S/C17H21FN2O.C16H21FN2O2S.C15H22N4O2S.C14H20N4O2S/c1-11(21)20-7-6-12(9-17(20,2)3)15-10-19-16-8-13(18)4-5-14(15)16;1-16(2)9-11(6-7-19(16)22(3,20)21)14-10-18-15-8-12(17)4-5-13(14)15;1-16-9-12-11-18(7-8-19(12)22(2,20)21)15-10-17-14-6-4-3-5-13(14)15;1-21(19,20)18-7-6-17(10-11(18)8-15)14-9-16-13-5-3-2-4-12(13)14/h4-5,8,10,12,19H,6-7,9H2,1-3H3;4-5,8,10-11,18H,6-7,9H2,1-3H3;3-6,10,12,16-17H,7-9,11H2,1-2H3;2-5,9,11,16H,6-8,10,15H2,1H3. The third-order valence-electron chi connectivity index (χ3n) is 17.5. The Morgan fingerprint density at radius 1 is 0.570 bits per heavy atom. The zero-order valence-corrected chi connectivity index (χ0v) is 53.1. The van der Waals surface area contributed by atoms with Crippen molar-refractivity contribution in [3.05, 3.63) is 132 Å². The predicted molar refractivity (Wildman–Crippen MR) is 342 cm³/mol. The molecule has 466 valence electrons. The van der Waals surface area contributed by atoms with Gasteiger partial charge in [-0.05, 0) is 132 Å². The highest BCUT2D eigenvalue weighted by Gasteiger charge is 2.41. The van der Waals surface area contributed by atoms with E-state index in [1.165, 1.54) is 58.3 Å². The molecule has 4 aliphatic rings. The van der Waals surface area contributed by atoms with Gasteiger partial charge in [0.2, 0.25) is 36.0 Å². The maximum Gasteiger partial charge on any atom is 0.219 e. The zero-order chi connectivity index (χ0) is 62.1. The average Bonchev–Trinajstić information content (AvgIpc) is 2.84. The Morgan fingerprint density at radius 3 is 1.44 bits per heavy atom. The molecule has 0 saturated carbocycles. The Labute approximate surface area is 504 Å². The zero-order valence-electron chi connectivity index (χ0n) is 50.7. The first-order chi connectivity index (χ1) is 40.6. The first-order valence-corrected chi connectivity index (χ1v) is 34.8. The number of likely N-dealkylation sites (N-methyl/N-ethyl adjacent to an activating group) is 1. The van der Waals surface area contributed by atoms with E-state index in [2.05, 4.69) is 67.1 Å². The fourth-order valence-electron chi connectivity index (χ4n) is 13.6. The lowest BCUT2D eigenvalue weighted by molar-refractivity contribution is -0.136. The first-order valence-electron chi connectivity index (χ1n) is 29.3. The number of amides is 1. The maximum atomic E-state index is 13.3. The summed E-state index contributed by atoms with van der Waals surface area (Å²) in [7, 11) is -7.72. The largest absolute Gasteiger partial charge is 0.367 e. The van der Waals surface area contributed by atoms with Crippen molar-refractivity contribution in [2.24, 2.45) is 5.73 Å². The van der Waals surface area contributed by atoms with E-state index in [0.29, 0.717) is 64.8 Å². The number of hydrogen-bond acceptors (Lipinski definition) is 11. The summed E-state index contributed by atoms with van der Waals surface area (Å²) < 4.78 is 103. The summed E-state index contributed by atoms with van der Waals surface area (Å²) in [5.74, 6) is 0.331. The van der Waals surface area contributed by atoms with Gasteiger partial charge in [-0.15, -0.1) is 0 Å².